The molecular weight excluding hydrogens is 354 g/mol. The van der Waals surface area contributed by atoms with E-state index in [4.69, 9.17) is 4.74 Å². The van der Waals surface area contributed by atoms with Gasteiger partial charge in [-0.15, -0.1) is 0 Å². The highest BCUT2D eigenvalue weighted by Gasteiger charge is 2.21. The standard InChI is InChI=1S/C23H25NO4/c1-16-5-7-17(8-6-16)9-14-21(26)28-15-20(25)18-10-12-19(13-11-18)24-22(27)23(2,3)4/h5-14H,15H2,1-4H3,(H,24,27)/b14-9+. The normalized spacial score (nSPS) is 11.3. The summed E-state index contributed by atoms with van der Waals surface area (Å²) in [5.41, 5.74) is 2.52. The number of benzene rings is 2. The van der Waals surface area contributed by atoms with Gasteiger partial charge in [0.25, 0.3) is 0 Å². The maximum Gasteiger partial charge on any atom is 0.331 e. The zero-order chi connectivity index (χ0) is 20.7. The zero-order valence-corrected chi connectivity index (χ0v) is 16.6. The molecule has 0 unspecified atom stereocenters. The molecule has 0 spiro atoms. The van der Waals surface area contributed by atoms with E-state index in [1.807, 2.05) is 52.0 Å². The summed E-state index contributed by atoms with van der Waals surface area (Å²) in [5, 5.41) is 2.79. The molecule has 5 nitrogen and oxygen atoms in total. The van der Waals surface area contributed by atoms with Gasteiger partial charge in [-0.3, -0.25) is 9.59 Å². The van der Waals surface area contributed by atoms with E-state index in [1.165, 1.54) is 6.08 Å². The van der Waals surface area contributed by atoms with E-state index in [0.29, 0.717) is 11.3 Å². The lowest BCUT2D eigenvalue weighted by Gasteiger charge is -2.17. The van der Waals surface area contributed by atoms with Crippen LogP contribution in [0.1, 0.15) is 42.3 Å². The van der Waals surface area contributed by atoms with Crippen molar-refractivity contribution >= 4 is 29.4 Å². The number of rotatable bonds is 6. The smallest absolute Gasteiger partial charge is 0.331 e. The Balaban J connectivity index is 1.86. The molecule has 1 amide bonds. The maximum absolute atomic E-state index is 12.2. The van der Waals surface area contributed by atoms with E-state index in [-0.39, 0.29) is 18.3 Å². The molecule has 146 valence electrons. The topological polar surface area (TPSA) is 72.5 Å². The minimum absolute atomic E-state index is 0.110. The number of ether oxygens (including phenoxy) is 1. The van der Waals surface area contributed by atoms with Crippen LogP contribution in [0.3, 0.4) is 0 Å². The third-order valence-electron chi connectivity index (χ3n) is 3.98. The van der Waals surface area contributed by atoms with Crippen molar-refractivity contribution in [3.8, 4) is 0 Å². The van der Waals surface area contributed by atoms with Crippen LogP contribution in [0.15, 0.2) is 54.6 Å². The van der Waals surface area contributed by atoms with Gasteiger partial charge in [-0.25, -0.2) is 4.79 Å². The van der Waals surface area contributed by atoms with Crippen molar-refractivity contribution in [2.75, 3.05) is 11.9 Å². The van der Waals surface area contributed by atoms with E-state index in [1.54, 1.807) is 30.3 Å². The molecule has 2 rings (SSSR count). The van der Waals surface area contributed by atoms with Gasteiger partial charge in [0.15, 0.2) is 12.4 Å². The molecule has 2 aromatic carbocycles. The molecule has 0 bridgehead atoms. The Morgan fingerprint density at radius 1 is 0.964 bits per heavy atom. The number of carbonyl (C=O) groups excluding carboxylic acids is 3. The van der Waals surface area contributed by atoms with Crippen molar-refractivity contribution in [3.05, 3.63) is 71.3 Å². The number of aryl methyl sites for hydroxylation is 1. The first-order valence-electron chi connectivity index (χ1n) is 9.01. The predicted molar refractivity (Wildman–Crippen MR) is 110 cm³/mol. The number of amides is 1. The number of anilines is 1. The Hall–Kier alpha value is -3.21. The number of nitrogens with one attached hydrogen (secondary N) is 1. The van der Waals surface area contributed by atoms with Crippen molar-refractivity contribution in [2.45, 2.75) is 27.7 Å². The van der Waals surface area contributed by atoms with E-state index >= 15 is 0 Å². The molecule has 28 heavy (non-hydrogen) atoms. The van der Waals surface area contributed by atoms with Crippen LogP contribution in [0.2, 0.25) is 0 Å². The van der Waals surface area contributed by atoms with Gasteiger partial charge in [0.05, 0.1) is 0 Å². The number of hydrogen-bond donors (Lipinski definition) is 1. The van der Waals surface area contributed by atoms with Gasteiger partial charge in [0, 0.05) is 22.7 Å². The highest BCUT2D eigenvalue weighted by molar-refractivity contribution is 6.00. The Morgan fingerprint density at radius 3 is 2.14 bits per heavy atom. The van der Waals surface area contributed by atoms with E-state index in [2.05, 4.69) is 5.32 Å². The van der Waals surface area contributed by atoms with Crippen LogP contribution in [0, 0.1) is 12.3 Å². The SMILES string of the molecule is Cc1ccc(/C=C/C(=O)OCC(=O)c2ccc(NC(=O)C(C)(C)C)cc2)cc1. The lowest BCUT2D eigenvalue weighted by molar-refractivity contribution is -0.136. The quantitative estimate of drug-likeness (QED) is 0.458. The molecule has 1 N–H and O–H groups in total. The molecule has 0 fully saturated rings. The number of hydrogen-bond acceptors (Lipinski definition) is 4. The first-order valence-corrected chi connectivity index (χ1v) is 9.01. The summed E-state index contributed by atoms with van der Waals surface area (Å²) in [6.45, 7) is 7.11. The number of Topliss-reactive ketones (excluding diaryl/α,β-unsaturated/α-hetero) is 1. The lowest BCUT2D eigenvalue weighted by atomic mass is 9.95. The Bertz CT molecular complexity index is 872. The fraction of sp³-hybridized carbons (Fsp3) is 0.261. The van der Waals surface area contributed by atoms with Crippen molar-refractivity contribution in [3.63, 3.8) is 0 Å². The third-order valence-corrected chi connectivity index (χ3v) is 3.98. The average Bonchev–Trinajstić information content (AvgIpc) is 2.65. The summed E-state index contributed by atoms with van der Waals surface area (Å²) in [5.74, 6) is -1.00. The van der Waals surface area contributed by atoms with Crippen molar-refractivity contribution in [2.24, 2.45) is 5.41 Å². The fourth-order valence-corrected chi connectivity index (χ4v) is 2.17. The first-order chi connectivity index (χ1) is 13.1. The second-order valence-electron chi connectivity index (χ2n) is 7.56. The van der Waals surface area contributed by atoms with E-state index in [9.17, 15) is 14.4 Å². The molecule has 5 heteroatoms. The average molecular weight is 379 g/mol. The molecular formula is C23H25NO4. The fourth-order valence-electron chi connectivity index (χ4n) is 2.17. The van der Waals surface area contributed by atoms with Crippen LogP contribution < -0.4 is 5.32 Å². The summed E-state index contributed by atoms with van der Waals surface area (Å²) in [7, 11) is 0. The Kier molecular flexibility index (Phi) is 6.88. The van der Waals surface area contributed by atoms with E-state index < -0.39 is 11.4 Å². The molecule has 2 aromatic rings. The third kappa shape index (κ3) is 6.50. The Morgan fingerprint density at radius 2 is 1.57 bits per heavy atom. The molecule has 0 aromatic heterocycles. The molecule has 0 saturated carbocycles. The molecule has 0 aliphatic rings. The Labute approximate surface area is 165 Å². The minimum atomic E-state index is -0.581. The van der Waals surface area contributed by atoms with Crippen molar-refractivity contribution in [1.82, 2.24) is 0 Å². The van der Waals surface area contributed by atoms with Gasteiger partial charge in [-0.05, 0) is 42.8 Å². The first kappa shape index (κ1) is 21.1. The number of carbonyl (C=O) groups is 3. The number of ketones is 1. The summed E-state index contributed by atoms with van der Waals surface area (Å²) in [4.78, 5) is 35.9. The second kappa shape index (κ2) is 9.13. The predicted octanol–water partition coefficient (Wildman–Crippen LogP) is 4.42. The molecule has 0 radical (unpaired) electrons. The van der Waals surface area contributed by atoms with Crippen LogP contribution >= 0.6 is 0 Å². The largest absolute Gasteiger partial charge is 0.454 e. The van der Waals surface area contributed by atoms with Gasteiger partial charge in [-0.1, -0.05) is 50.6 Å². The van der Waals surface area contributed by atoms with E-state index in [0.717, 1.165) is 11.1 Å². The van der Waals surface area contributed by atoms with Gasteiger partial charge in [0.2, 0.25) is 5.91 Å². The lowest BCUT2D eigenvalue weighted by Crippen LogP contribution is -2.27. The van der Waals surface area contributed by atoms with Crippen LogP contribution in [0.5, 0.6) is 0 Å². The van der Waals surface area contributed by atoms with Crippen molar-refractivity contribution < 1.29 is 19.1 Å². The summed E-state index contributed by atoms with van der Waals surface area (Å²) in [6.07, 6.45) is 2.93. The second-order valence-corrected chi connectivity index (χ2v) is 7.56. The molecule has 0 aliphatic heterocycles. The van der Waals surface area contributed by atoms with Gasteiger partial charge < -0.3 is 10.1 Å². The molecule has 0 saturated heterocycles. The maximum atomic E-state index is 12.2. The molecule has 0 heterocycles. The molecule has 0 atom stereocenters. The zero-order valence-electron chi connectivity index (χ0n) is 16.6. The van der Waals surface area contributed by atoms with Crippen LogP contribution in [0.4, 0.5) is 5.69 Å². The molecule has 0 aliphatic carbocycles. The van der Waals surface area contributed by atoms with Crippen LogP contribution in [-0.2, 0) is 14.3 Å². The van der Waals surface area contributed by atoms with Gasteiger partial charge in [-0.2, -0.15) is 0 Å². The highest BCUT2D eigenvalue weighted by Crippen LogP contribution is 2.18. The van der Waals surface area contributed by atoms with Gasteiger partial charge >= 0.3 is 5.97 Å². The summed E-state index contributed by atoms with van der Waals surface area (Å²) >= 11 is 0. The summed E-state index contributed by atoms with van der Waals surface area (Å²) in [6, 6.07) is 14.2. The number of esters is 1. The van der Waals surface area contributed by atoms with Crippen molar-refractivity contribution in [1.29, 1.82) is 0 Å². The van der Waals surface area contributed by atoms with Crippen LogP contribution in [0.25, 0.3) is 6.08 Å². The highest BCUT2D eigenvalue weighted by atomic mass is 16.5. The monoisotopic (exact) mass is 379 g/mol. The minimum Gasteiger partial charge on any atom is -0.454 e. The van der Waals surface area contributed by atoms with Crippen LogP contribution in [-0.4, -0.2) is 24.3 Å². The summed E-state index contributed by atoms with van der Waals surface area (Å²) < 4.78 is 5.00. The van der Waals surface area contributed by atoms with Gasteiger partial charge in [0.1, 0.15) is 0 Å².